The molecule has 0 saturated carbocycles. The van der Waals surface area contributed by atoms with Crippen LogP contribution in [-0.4, -0.2) is 25.2 Å². The third kappa shape index (κ3) is 6.05. The Morgan fingerprint density at radius 2 is 1.80 bits per heavy atom. The summed E-state index contributed by atoms with van der Waals surface area (Å²) in [5.41, 5.74) is 0.241. The van der Waals surface area contributed by atoms with E-state index in [2.05, 4.69) is 38.3 Å². The minimum atomic E-state index is 0.241. The van der Waals surface area contributed by atoms with Gasteiger partial charge in [0.15, 0.2) is 0 Å². The molecule has 0 fully saturated rings. The molecule has 0 saturated heterocycles. The SMILES string of the molecule is CNC(C)CNC(C)(C)C. The van der Waals surface area contributed by atoms with Crippen LogP contribution in [0.4, 0.5) is 0 Å². The standard InChI is InChI=1S/C8H20N2/c1-7(9-5)6-10-8(2,3)4/h7,9-10H,6H2,1-5H3. The normalized spacial score (nSPS) is 15.3. The van der Waals surface area contributed by atoms with Crippen molar-refractivity contribution in [1.29, 1.82) is 0 Å². The van der Waals surface area contributed by atoms with Gasteiger partial charge in [0.25, 0.3) is 0 Å². The van der Waals surface area contributed by atoms with Gasteiger partial charge in [0.05, 0.1) is 0 Å². The van der Waals surface area contributed by atoms with Crippen molar-refractivity contribution < 1.29 is 0 Å². The summed E-state index contributed by atoms with van der Waals surface area (Å²) in [4.78, 5) is 0. The van der Waals surface area contributed by atoms with Gasteiger partial charge in [-0.05, 0) is 34.7 Å². The Hall–Kier alpha value is -0.0800. The lowest BCUT2D eigenvalue weighted by molar-refractivity contribution is 0.397. The highest BCUT2D eigenvalue weighted by molar-refractivity contribution is 4.73. The molecule has 0 aliphatic heterocycles. The van der Waals surface area contributed by atoms with Crippen LogP contribution in [0.3, 0.4) is 0 Å². The number of likely N-dealkylation sites (N-methyl/N-ethyl adjacent to an activating group) is 1. The van der Waals surface area contributed by atoms with Crippen LogP contribution in [0.25, 0.3) is 0 Å². The molecule has 0 rings (SSSR count). The van der Waals surface area contributed by atoms with E-state index in [9.17, 15) is 0 Å². The van der Waals surface area contributed by atoms with Gasteiger partial charge in [-0.3, -0.25) is 0 Å². The summed E-state index contributed by atoms with van der Waals surface area (Å²) in [7, 11) is 1.98. The summed E-state index contributed by atoms with van der Waals surface area (Å²) in [6.07, 6.45) is 0. The molecule has 1 atom stereocenters. The minimum Gasteiger partial charge on any atom is -0.316 e. The van der Waals surface area contributed by atoms with E-state index < -0.39 is 0 Å². The van der Waals surface area contributed by atoms with Gasteiger partial charge in [-0.2, -0.15) is 0 Å². The van der Waals surface area contributed by atoms with Crippen molar-refractivity contribution >= 4 is 0 Å². The van der Waals surface area contributed by atoms with E-state index in [0.29, 0.717) is 6.04 Å². The zero-order valence-corrected chi connectivity index (χ0v) is 7.78. The number of hydrogen-bond acceptors (Lipinski definition) is 2. The molecule has 2 nitrogen and oxygen atoms in total. The van der Waals surface area contributed by atoms with E-state index in [1.54, 1.807) is 0 Å². The fourth-order valence-electron chi connectivity index (χ4n) is 0.561. The Morgan fingerprint density at radius 3 is 2.10 bits per heavy atom. The third-order valence-corrected chi connectivity index (χ3v) is 1.43. The van der Waals surface area contributed by atoms with Crippen LogP contribution in [0.1, 0.15) is 27.7 Å². The van der Waals surface area contributed by atoms with E-state index >= 15 is 0 Å². The van der Waals surface area contributed by atoms with Crippen molar-refractivity contribution in [2.24, 2.45) is 0 Å². The monoisotopic (exact) mass is 144 g/mol. The number of nitrogens with one attached hydrogen (secondary N) is 2. The van der Waals surface area contributed by atoms with E-state index in [-0.39, 0.29) is 5.54 Å². The van der Waals surface area contributed by atoms with Gasteiger partial charge in [-0.1, -0.05) is 0 Å². The summed E-state index contributed by atoms with van der Waals surface area (Å²) in [6.45, 7) is 9.72. The summed E-state index contributed by atoms with van der Waals surface area (Å²) in [5, 5.41) is 6.59. The Kier molecular flexibility index (Phi) is 3.91. The first-order chi connectivity index (χ1) is 4.45. The van der Waals surface area contributed by atoms with Gasteiger partial charge >= 0.3 is 0 Å². The summed E-state index contributed by atoms with van der Waals surface area (Å²) < 4.78 is 0. The summed E-state index contributed by atoms with van der Waals surface area (Å²) in [6, 6.07) is 0.555. The molecule has 0 aliphatic carbocycles. The molecule has 2 heteroatoms. The van der Waals surface area contributed by atoms with Crippen LogP contribution in [-0.2, 0) is 0 Å². The quantitative estimate of drug-likeness (QED) is 0.617. The Labute approximate surface area is 64.4 Å². The molecule has 0 aromatic rings. The van der Waals surface area contributed by atoms with Crippen molar-refractivity contribution in [3.63, 3.8) is 0 Å². The number of hydrogen-bond donors (Lipinski definition) is 2. The second kappa shape index (κ2) is 3.94. The van der Waals surface area contributed by atoms with Crippen molar-refractivity contribution in [3.05, 3.63) is 0 Å². The molecule has 2 N–H and O–H groups in total. The zero-order chi connectivity index (χ0) is 8.20. The van der Waals surface area contributed by atoms with Crippen molar-refractivity contribution in [3.8, 4) is 0 Å². The predicted octanol–water partition coefficient (Wildman–Crippen LogP) is 0.982. The molecule has 0 radical (unpaired) electrons. The maximum Gasteiger partial charge on any atom is 0.0161 e. The molecule has 1 unspecified atom stereocenters. The lowest BCUT2D eigenvalue weighted by Gasteiger charge is -2.23. The maximum atomic E-state index is 3.41. The topological polar surface area (TPSA) is 24.1 Å². The van der Waals surface area contributed by atoms with Crippen LogP contribution >= 0.6 is 0 Å². The third-order valence-electron chi connectivity index (χ3n) is 1.43. The van der Waals surface area contributed by atoms with E-state index in [0.717, 1.165) is 6.54 Å². The molecule has 0 heterocycles. The highest BCUT2D eigenvalue weighted by atomic mass is 15.0. The highest BCUT2D eigenvalue weighted by Gasteiger charge is 2.09. The zero-order valence-electron chi connectivity index (χ0n) is 7.78. The van der Waals surface area contributed by atoms with Crippen LogP contribution < -0.4 is 10.6 Å². The molecule has 0 spiro atoms. The summed E-state index contributed by atoms with van der Waals surface area (Å²) in [5.74, 6) is 0. The average Bonchev–Trinajstić information content (AvgIpc) is 1.81. The molecule has 62 valence electrons. The van der Waals surface area contributed by atoms with Crippen LogP contribution in [0, 0.1) is 0 Å². The predicted molar refractivity (Wildman–Crippen MR) is 46.3 cm³/mol. The Balaban J connectivity index is 3.36. The molecule has 0 aromatic carbocycles. The molecule has 0 aliphatic rings. The number of rotatable bonds is 3. The van der Waals surface area contributed by atoms with Crippen LogP contribution in [0.5, 0.6) is 0 Å². The Morgan fingerprint density at radius 1 is 1.30 bits per heavy atom. The highest BCUT2D eigenvalue weighted by Crippen LogP contribution is 1.97. The van der Waals surface area contributed by atoms with E-state index in [1.807, 2.05) is 7.05 Å². The fourth-order valence-corrected chi connectivity index (χ4v) is 0.561. The minimum absolute atomic E-state index is 0.241. The van der Waals surface area contributed by atoms with Crippen LogP contribution in [0.15, 0.2) is 0 Å². The van der Waals surface area contributed by atoms with E-state index in [1.165, 1.54) is 0 Å². The Bertz CT molecular complexity index is 83.7. The molecule has 0 bridgehead atoms. The van der Waals surface area contributed by atoms with Gasteiger partial charge in [-0.15, -0.1) is 0 Å². The molecular weight excluding hydrogens is 124 g/mol. The van der Waals surface area contributed by atoms with Crippen molar-refractivity contribution in [1.82, 2.24) is 10.6 Å². The lowest BCUT2D eigenvalue weighted by Crippen LogP contribution is -2.43. The van der Waals surface area contributed by atoms with Gasteiger partial charge < -0.3 is 10.6 Å². The fraction of sp³-hybridized carbons (Fsp3) is 1.00. The molecular formula is C8H20N2. The summed E-state index contributed by atoms with van der Waals surface area (Å²) >= 11 is 0. The van der Waals surface area contributed by atoms with E-state index in [4.69, 9.17) is 0 Å². The van der Waals surface area contributed by atoms with Gasteiger partial charge in [0.2, 0.25) is 0 Å². The van der Waals surface area contributed by atoms with Gasteiger partial charge in [-0.25, -0.2) is 0 Å². The second-order valence-corrected chi connectivity index (χ2v) is 3.82. The van der Waals surface area contributed by atoms with Crippen molar-refractivity contribution in [2.75, 3.05) is 13.6 Å². The van der Waals surface area contributed by atoms with Gasteiger partial charge in [0, 0.05) is 18.1 Å². The van der Waals surface area contributed by atoms with Crippen LogP contribution in [0.2, 0.25) is 0 Å². The maximum absolute atomic E-state index is 3.41. The first kappa shape index (κ1) is 9.92. The smallest absolute Gasteiger partial charge is 0.0161 e. The largest absolute Gasteiger partial charge is 0.316 e. The van der Waals surface area contributed by atoms with Gasteiger partial charge in [0.1, 0.15) is 0 Å². The molecule has 0 aromatic heterocycles. The average molecular weight is 144 g/mol. The first-order valence-corrected chi connectivity index (χ1v) is 3.88. The second-order valence-electron chi connectivity index (χ2n) is 3.82. The van der Waals surface area contributed by atoms with Crippen molar-refractivity contribution in [2.45, 2.75) is 39.3 Å². The molecule has 10 heavy (non-hydrogen) atoms. The first-order valence-electron chi connectivity index (χ1n) is 3.88. The molecule has 0 amide bonds. The lowest BCUT2D eigenvalue weighted by atomic mass is 10.1.